The van der Waals surface area contributed by atoms with E-state index < -0.39 is 11.4 Å². The van der Waals surface area contributed by atoms with E-state index in [9.17, 15) is 9.59 Å². The third-order valence-electron chi connectivity index (χ3n) is 5.29. The number of ketones is 1. The fourth-order valence-electron chi connectivity index (χ4n) is 3.86. The summed E-state index contributed by atoms with van der Waals surface area (Å²) < 4.78 is 0. The highest BCUT2D eigenvalue weighted by molar-refractivity contribution is 5.94. The SMILES string of the molecule is O=C(/C=C/c1ccc(N[C@]2(C(=O)C3CCCCC3)CCNC2)nc1)NO. The smallest absolute Gasteiger partial charge is 0.267 e. The number of hydrogen-bond donors (Lipinski definition) is 4. The molecule has 1 atom stereocenters. The van der Waals surface area contributed by atoms with Gasteiger partial charge in [0.05, 0.1) is 0 Å². The molecule has 0 bridgehead atoms. The van der Waals surface area contributed by atoms with Crippen LogP contribution in [0.4, 0.5) is 5.82 Å². The van der Waals surface area contributed by atoms with Crippen molar-refractivity contribution >= 4 is 23.6 Å². The fraction of sp³-hybridized carbons (Fsp3) is 0.526. The lowest BCUT2D eigenvalue weighted by molar-refractivity contribution is -0.127. The molecule has 1 amide bonds. The second kappa shape index (κ2) is 8.42. The molecule has 2 aliphatic rings. The van der Waals surface area contributed by atoms with E-state index >= 15 is 0 Å². The average Bonchev–Trinajstić information content (AvgIpc) is 3.17. The van der Waals surface area contributed by atoms with Crippen molar-refractivity contribution < 1.29 is 14.8 Å². The second-order valence-electron chi connectivity index (χ2n) is 7.12. The van der Waals surface area contributed by atoms with Crippen molar-refractivity contribution in [1.29, 1.82) is 0 Å². The van der Waals surface area contributed by atoms with E-state index in [4.69, 9.17) is 5.21 Å². The maximum atomic E-state index is 13.2. The van der Waals surface area contributed by atoms with Crippen molar-refractivity contribution in [3.05, 3.63) is 30.0 Å². The van der Waals surface area contributed by atoms with Crippen molar-refractivity contribution in [3.8, 4) is 0 Å². The monoisotopic (exact) mass is 358 g/mol. The fourth-order valence-corrected chi connectivity index (χ4v) is 3.86. The summed E-state index contributed by atoms with van der Waals surface area (Å²) in [5, 5.41) is 15.2. The van der Waals surface area contributed by atoms with Gasteiger partial charge in [0.25, 0.3) is 5.91 Å². The Morgan fingerprint density at radius 2 is 2.08 bits per heavy atom. The van der Waals surface area contributed by atoms with E-state index in [0.717, 1.165) is 44.2 Å². The van der Waals surface area contributed by atoms with Gasteiger partial charge in [-0.2, -0.15) is 0 Å². The van der Waals surface area contributed by atoms with Gasteiger partial charge in [0, 0.05) is 24.7 Å². The Morgan fingerprint density at radius 3 is 2.69 bits per heavy atom. The van der Waals surface area contributed by atoms with Crippen molar-refractivity contribution in [3.63, 3.8) is 0 Å². The van der Waals surface area contributed by atoms with Crippen LogP contribution < -0.4 is 16.1 Å². The average molecular weight is 358 g/mol. The Hall–Kier alpha value is -2.25. The van der Waals surface area contributed by atoms with Gasteiger partial charge in [-0.1, -0.05) is 19.3 Å². The molecule has 26 heavy (non-hydrogen) atoms. The van der Waals surface area contributed by atoms with Gasteiger partial charge >= 0.3 is 0 Å². The Bertz CT molecular complexity index is 660. The third-order valence-corrected chi connectivity index (χ3v) is 5.29. The molecule has 1 aliphatic heterocycles. The van der Waals surface area contributed by atoms with E-state index in [1.54, 1.807) is 17.8 Å². The molecule has 3 rings (SSSR count). The predicted octanol–water partition coefficient (Wildman–Crippen LogP) is 1.89. The molecule has 140 valence electrons. The number of carbonyl (C=O) groups excluding carboxylic acids is 2. The first kappa shape index (κ1) is 18.5. The van der Waals surface area contributed by atoms with Crippen LogP contribution in [0.25, 0.3) is 6.08 Å². The van der Waals surface area contributed by atoms with Crippen LogP contribution in [-0.4, -0.2) is 40.5 Å². The molecule has 2 heterocycles. The number of nitrogens with one attached hydrogen (secondary N) is 3. The second-order valence-corrected chi connectivity index (χ2v) is 7.12. The van der Waals surface area contributed by atoms with Gasteiger partial charge in [0.1, 0.15) is 11.4 Å². The minimum absolute atomic E-state index is 0.148. The standard InChI is InChI=1S/C19H26N4O3/c24-17(23-26)9-7-14-6-8-16(21-12-14)22-19(10-11-20-13-19)18(25)15-4-2-1-3-5-15/h6-9,12,15,20,26H,1-5,10-11,13H2,(H,21,22)(H,23,24)/b9-7+/t19-/m1/s1. The summed E-state index contributed by atoms with van der Waals surface area (Å²) in [7, 11) is 0. The summed E-state index contributed by atoms with van der Waals surface area (Å²) in [4.78, 5) is 28.6. The highest BCUT2D eigenvalue weighted by atomic mass is 16.5. The number of nitrogens with zero attached hydrogens (tertiary/aromatic N) is 1. The Labute approximate surface area is 153 Å². The number of pyridine rings is 1. The topological polar surface area (TPSA) is 103 Å². The van der Waals surface area contributed by atoms with Gasteiger partial charge in [0.15, 0.2) is 5.78 Å². The molecule has 0 unspecified atom stereocenters. The maximum Gasteiger partial charge on any atom is 0.267 e. The minimum Gasteiger partial charge on any atom is -0.356 e. The number of amides is 1. The predicted molar refractivity (Wildman–Crippen MR) is 98.6 cm³/mol. The molecule has 7 nitrogen and oxygen atoms in total. The third kappa shape index (κ3) is 4.28. The van der Waals surface area contributed by atoms with Gasteiger partial charge in [-0.05, 0) is 49.6 Å². The maximum absolute atomic E-state index is 13.2. The molecule has 1 aromatic rings. The van der Waals surface area contributed by atoms with Crippen molar-refractivity contribution in [2.45, 2.75) is 44.1 Å². The van der Waals surface area contributed by atoms with Crippen LogP contribution in [0.3, 0.4) is 0 Å². The summed E-state index contributed by atoms with van der Waals surface area (Å²) in [6.45, 7) is 1.45. The minimum atomic E-state index is -0.596. The molecule has 1 aromatic heterocycles. The molecule has 1 saturated heterocycles. The number of carbonyl (C=O) groups is 2. The Kier molecular flexibility index (Phi) is 6.00. The highest BCUT2D eigenvalue weighted by Crippen LogP contribution is 2.32. The lowest BCUT2D eigenvalue weighted by atomic mass is 9.77. The van der Waals surface area contributed by atoms with E-state index in [2.05, 4.69) is 15.6 Å². The van der Waals surface area contributed by atoms with Crippen molar-refractivity contribution in [2.75, 3.05) is 18.4 Å². The molecule has 1 aliphatic carbocycles. The van der Waals surface area contributed by atoms with E-state index in [0.29, 0.717) is 18.1 Å². The highest BCUT2D eigenvalue weighted by Gasteiger charge is 2.44. The van der Waals surface area contributed by atoms with Crippen LogP contribution in [0.2, 0.25) is 0 Å². The Morgan fingerprint density at radius 1 is 1.27 bits per heavy atom. The number of aromatic nitrogens is 1. The molecule has 0 spiro atoms. The van der Waals surface area contributed by atoms with Crippen LogP contribution in [0.5, 0.6) is 0 Å². The lowest BCUT2D eigenvalue weighted by Crippen LogP contribution is -2.51. The van der Waals surface area contributed by atoms with E-state index in [-0.39, 0.29) is 5.92 Å². The first-order valence-electron chi connectivity index (χ1n) is 9.24. The molecule has 1 saturated carbocycles. The molecule has 0 aromatic carbocycles. The van der Waals surface area contributed by atoms with Crippen molar-refractivity contribution in [2.24, 2.45) is 5.92 Å². The van der Waals surface area contributed by atoms with E-state index in [1.165, 1.54) is 12.5 Å². The van der Waals surface area contributed by atoms with Crippen molar-refractivity contribution in [1.82, 2.24) is 15.8 Å². The zero-order valence-electron chi connectivity index (χ0n) is 14.8. The molecule has 0 radical (unpaired) electrons. The van der Waals surface area contributed by atoms with Gasteiger partial charge in [0.2, 0.25) is 0 Å². The molecular weight excluding hydrogens is 332 g/mol. The van der Waals surface area contributed by atoms with Crippen LogP contribution >= 0.6 is 0 Å². The summed E-state index contributed by atoms with van der Waals surface area (Å²) in [6.07, 6.45) is 10.7. The quantitative estimate of drug-likeness (QED) is 0.352. The van der Waals surface area contributed by atoms with Crippen LogP contribution in [0.1, 0.15) is 44.1 Å². The summed E-state index contributed by atoms with van der Waals surface area (Å²) >= 11 is 0. The normalized spacial score (nSPS) is 23.9. The van der Waals surface area contributed by atoms with Crippen LogP contribution in [-0.2, 0) is 9.59 Å². The number of anilines is 1. The van der Waals surface area contributed by atoms with E-state index in [1.807, 2.05) is 12.1 Å². The van der Waals surface area contributed by atoms with Gasteiger partial charge < -0.3 is 10.6 Å². The molecule has 4 N–H and O–H groups in total. The summed E-state index contributed by atoms with van der Waals surface area (Å²) in [5.74, 6) is 0.519. The summed E-state index contributed by atoms with van der Waals surface area (Å²) in [5.41, 5.74) is 1.69. The van der Waals surface area contributed by atoms with Crippen LogP contribution in [0, 0.1) is 5.92 Å². The van der Waals surface area contributed by atoms with Crippen LogP contribution in [0.15, 0.2) is 24.4 Å². The van der Waals surface area contributed by atoms with Gasteiger partial charge in [-0.15, -0.1) is 0 Å². The number of hydroxylamine groups is 1. The zero-order valence-corrected chi connectivity index (χ0v) is 14.8. The molecular formula is C19H26N4O3. The first-order valence-corrected chi connectivity index (χ1v) is 9.24. The molecule has 7 heteroatoms. The zero-order chi connectivity index (χ0) is 18.4. The number of hydrogen-bond acceptors (Lipinski definition) is 6. The molecule has 2 fully saturated rings. The number of rotatable bonds is 6. The lowest BCUT2D eigenvalue weighted by Gasteiger charge is -2.34. The van der Waals surface area contributed by atoms with Gasteiger partial charge in [-0.25, -0.2) is 10.5 Å². The first-order chi connectivity index (χ1) is 12.6. The summed E-state index contributed by atoms with van der Waals surface area (Å²) in [6, 6.07) is 3.63. The number of Topliss-reactive ketones (excluding diaryl/α,β-unsaturated/α-hetero) is 1. The van der Waals surface area contributed by atoms with Gasteiger partial charge in [-0.3, -0.25) is 14.8 Å². The largest absolute Gasteiger partial charge is 0.356 e. The Balaban J connectivity index is 1.70.